The van der Waals surface area contributed by atoms with Crippen LogP contribution in [-0.4, -0.2) is 49.4 Å². The molecule has 2 aromatic carbocycles. The summed E-state index contributed by atoms with van der Waals surface area (Å²) in [5, 5.41) is 2.96. The lowest BCUT2D eigenvalue weighted by atomic mass is 10.1. The van der Waals surface area contributed by atoms with E-state index in [4.69, 9.17) is 4.74 Å². The Morgan fingerprint density at radius 3 is 2.48 bits per heavy atom. The van der Waals surface area contributed by atoms with E-state index >= 15 is 0 Å². The van der Waals surface area contributed by atoms with Gasteiger partial charge in [0.1, 0.15) is 0 Å². The summed E-state index contributed by atoms with van der Waals surface area (Å²) in [6.07, 6.45) is 1.03. The second-order valence-electron chi connectivity index (χ2n) is 6.05. The third-order valence-electron chi connectivity index (χ3n) is 4.17. The zero-order valence-corrected chi connectivity index (χ0v) is 15.1. The van der Waals surface area contributed by atoms with Crippen LogP contribution in [0.1, 0.15) is 5.56 Å². The van der Waals surface area contributed by atoms with Crippen molar-refractivity contribution in [3.05, 3.63) is 60.2 Å². The van der Waals surface area contributed by atoms with E-state index in [0.717, 1.165) is 49.9 Å². The standard InChI is InChI=1S/C20H24N2O2S/c23-20(16-25-19-4-2-1-3-5-19)21-18-8-6-17(7-9-18)10-11-22-12-14-24-15-13-22/h1-9H,10-16H2,(H,21,23). The third kappa shape index (κ3) is 6.20. The molecule has 1 N–H and O–H groups in total. The van der Waals surface area contributed by atoms with Crippen molar-refractivity contribution in [2.75, 3.05) is 43.9 Å². The molecule has 0 saturated carbocycles. The van der Waals surface area contributed by atoms with Crippen LogP contribution in [0.15, 0.2) is 59.5 Å². The van der Waals surface area contributed by atoms with E-state index in [1.807, 2.05) is 42.5 Å². The van der Waals surface area contributed by atoms with Crippen molar-refractivity contribution in [1.82, 2.24) is 4.90 Å². The van der Waals surface area contributed by atoms with Crippen LogP contribution in [0.5, 0.6) is 0 Å². The summed E-state index contributed by atoms with van der Waals surface area (Å²) in [6.45, 7) is 4.78. The number of hydrogen-bond donors (Lipinski definition) is 1. The summed E-state index contributed by atoms with van der Waals surface area (Å²) < 4.78 is 5.37. The number of benzene rings is 2. The highest BCUT2D eigenvalue weighted by molar-refractivity contribution is 8.00. The second kappa shape index (κ2) is 9.61. The molecule has 0 radical (unpaired) electrons. The fourth-order valence-electron chi connectivity index (χ4n) is 2.73. The molecule has 1 aliphatic rings. The number of nitrogens with zero attached hydrogens (tertiary/aromatic N) is 1. The van der Waals surface area contributed by atoms with E-state index in [1.54, 1.807) is 11.8 Å². The molecule has 2 aromatic rings. The van der Waals surface area contributed by atoms with E-state index in [1.165, 1.54) is 5.56 Å². The fraction of sp³-hybridized carbons (Fsp3) is 0.350. The summed E-state index contributed by atoms with van der Waals surface area (Å²) >= 11 is 1.55. The average molecular weight is 356 g/mol. The Morgan fingerprint density at radius 1 is 1.04 bits per heavy atom. The van der Waals surface area contributed by atoms with Gasteiger partial charge in [0.2, 0.25) is 5.91 Å². The second-order valence-corrected chi connectivity index (χ2v) is 7.10. The Morgan fingerprint density at radius 2 is 1.76 bits per heavy atom. The van der Waals surface area contributed by atoms with Gasteiger partial charge in [0.25, 0.3) is 0 Å². The molecular formula is C20H24N2O2S. The van der Waals surface area contributed by atoms with Crippen molar-refractivity contribution >= 4 is 23.4 Å². The molecule has 0 atom stereocenters. The maximum atomic E-state index is 12.1. The molecule has 25 heavy (non-hydrogen) atoms. The highest BCUT2D eigenvalue weighted by Gasteiger charge is 2.10. The number of anilines is 1. The molecule has 1 amide bonds. The Bertz CT molecular complexity index is 655. The van der Waals surface area contributed by atoms with Crippen molar-refractivity contribution in [3.8, 4) is 0 Å². The van der Waals surface area contributed by atoms with Gasteiger partial charge >= 0.3 is 0 Å². The number of nitrogens with one attached hydrogen (secondary N) is 1. The molecular weight excluding hydrogens is 332 g/mol. The minimum absolute atomic E-state index is 0.0231. The first-order valence-electron chi connectivity index (χ1n) is 8.66. The van der Waals surface area contributed by atoms with Gasteiger partial charge in [0.05, 0.1) is 19.0 Å². The summed E-state index contributed by atoms with van der Waals surface area (Å²) in [7, 11) is 0. The first-order valence-corrected chi connectivity index (χ1v) is 9.65. The molecule has 1 saturated heterocycles. The van der Waals surface area contributed by atoms with E-state index in [0.29, 0.717) is 5.75 Å². The molecule has 0 aliphatic carbocycles. The normalized spacial score (nSPS) is 15.0. The minimum Gasteiger partial charge on any atom is -0.379 e. The summed E-state index contributed by atoms with van der Waals surface area (Å²) in [5.74, 6) is 0.443. The van der Waals surface area contributed by atoms with Crippen LogP contribution in [-0.2, 0) is 16.0 Å². The summed E-state index contributed by atoms with van der Waals surface area (Å²) in [4.78, 5) is 15.6. The van der Waals surface area contributed by atoms with Gasteiger partial charge in [0, 0.05) is 30.2 Å². The molecule has 4 nitrogen and oxygen atoms in total. The zero-order valence-electron chi connectivity index (χ0n) is 14.3. The van der Waals surface area contributed by atoms with Gasteiger partial charge in [-0.3, -0.25) is 9.69 Å². The maximum absolute atomic E-state index is 12.1. The largest absolute Gasteiger partial charge is 0.379 e. The lowest BCUT2D eigenvalue weighted by Gasteiger charge is -2.26. The first kappa shape index (κ1) is 18.0. The van der Waals surface area contributed by atoms with Gasteiger partial charge in [-0.15, -0.1) is 11.8 Å². The number of ether oxygens (including phenoxy) is 1. The van der Waals surface area contributed by atoms with Gasteiger partial charge in [-0.25, -0.2) is 0 Å². The van der Waals surface area contributed by atoms with Crippen molar-refractivity contribution in [3.63, 3.8) is 0 Å². The van der Waals surface area contributed by atoms with Crippen molar-refractivity contribution in [2.45, 2.75) is 11.3 Å². The number of morpholine rings is 1. The Kier molecular flexibility index (Phi) is 6.91. The summed E-state index contributed by atoms with van der Waals surface area (Å²) in [6, 6.07) is 18.1. The van der Waals surface area contributed by atoms with Crippen molar-refractivity contribution in [1.29, 1.82) is 0 Å². The van der Waals surface area contributed by atoms with Crippen LogP contribution in [0, 0.1) is 0 Å². The quantitative estimate of drug-likeness (QED) is 0.773. The average Bonchev–Trinajstić information content (AvgIpc) is 2.67. The number of thioether (sulfide) groups is 1. The number of carbonyl (C=O) groups excluding carboxylic acids is 1. The minimum atomic E-state index is 0.0231. The van der Waals surface area contributed by atoms with E-state index in [9.17, 15) is 4.79 Å². The number of amides is 1. The van der Waals surface area contributed by atoms with Gasteiger partial charge < -0.3 is 10.1 Å². The van der Waals surface area contributed by atoms with E-state index in [2.05, 4.69) is 22.3 Å². The van der Waals surface area contributed by atoms with E-state index < -0.39 is 0 Å². The third-order valence-corrected chi connectivity index (χ3v) is 5.18. The predicted octanol–water partition coefficient (Wildman–Crippen LogP) is 3.29. The smallest absolute Gasteiger partial charge is 0.234 e. The number of carbonyl (C=O) groups is 1. The number of hydrogen-bond acceptors (Lipinski definition) is 4. The van der Waals surface area contributed by atoms with Gasteiger partial charge in [0.15, 0.2) is 0 Å². The Balaban J connectivity index is 1.41. The summed E-state index contributed by atoms with van der Waals surface area (Å²) in [5.41, 5.74) is 2.15. The lowest BCUT2D eigenvalue weighted by Crippen LogP contribution is -2.37. The van der Waals surface area contributed by atoms with Gasteiger partial charge in [-0.1, -0.05) is 30.3 Å². The maximum Gasteiger partial charge on any atom is 0.234 e. The zero-order chi connectivity index (χ0) is 17.3. The topological polar surface area (TPSA) is 41.6 Å². The lowest BCUT2D eigenvalue weighted by molar-refractivity contribution is -0.113. The molecule has 5 heteroatoms. The van der Waals surface area contributed by atoms with Crippen LogP contribution < -0.4 is 5.32 Å². The molecule has 0 unspecified atom stereocenters. The SMILES string of the molecule is O=C(CSc1ccccc1)Nc1ccc(CCN2CCOCC2)cc1. The first-order chi connectivity index (χ1) is 12.3. The van der Waals surface area contributed by atoms with E-state index in [-0.39, 0.29) is 5.91 Å². The molecule has 0 spiro atoms. The predicted molar refractivity (Wildman–Crippen MR) is 103 cm³/mol. The molecule has 1 aliphatic heterocycles. The monoisotopic (exact) mass is 356 g/mol. The highest BCUT2D eigenvalue weighted by atomic mass is 32.2. The van der Waals surface area contributed by atoms with Crippen LogP contribution in [0.25, 0.3) is 0 Å². The molecule has 0 bridgehead atoms. The molecule has 132 valence electrons. The number of rotatable bonds is 7. The molecule has 3 rings (SSSR count). The molecule has 1 fully saturated rings. The van der Waals surface area contributed by atoms with Crippen molar-refractivity contribution in [2.24, 2.45) is 0 Å². The van der Waals surface area contributed by atoms with Crippen molar-refractivity contribution < 1.29 is 9.53 Å². The van der Waals surface area contributed by atoms with Crippen LogP contribution in [0.2, 0.25) is 0 Å². The Labute approximate surface area is 153 Å². The molecule has 0 aromatic heterocycles. The van der Waals surface area contributed by atoms with Crippen LogP contribution in [0.4, 0.5) is 5.69 Å². The fourth-order valence-corrected chi connectivity index (χ4v) is 3.45. The highest BCUT2D eigenvalue weighted by Crippen LogP contribution is 2.17. The molecule has 1 heterocycles. The Hall–Kier alpha value is -1.82. The van der Waals surface area contributed by atoms with Crippen LogP contribution in [0.3, 0.4) is 0 Å². The van der Waals surface area contributed by atoms with Crippen LogP contribution >= 0.6 is 11.8 Å². The van der Waals surface area contributed by atoms with Gasteiger partial charge in [-0.2, -0.15) is 0 Å². The van der Waals surface area contributed by atoms with Gasteiger partial charge in [-0.05, 0) is 36.2 Å².